The molecule has 1 heterocycles. The maximum absolute atomic E-state index is 5.94. The summed E-state index contributed by atoms with van der Waals surface area (Å²) in [4.78, 5) is 4.93. The quantitative estimate of drug-likeness (QED) is 0.854. The average molecular weight is 301 g/mol. The lowest BCUT2D eigenvalue weighted by atomic mass is 10.2. The molecule has 2 fully saturated rings. The molecule has 2 aliphatic rings. The summed E-state index contributed by atoms with van der Waals surface area (Å²) < 4.78 is 2.56. The minimum absolute atomic E-state index is 0.637. The molecule has 112 valence electrons. The zero-order valence-corrected chi connectivity index (χ0v) is 13.4. The van der Waals surface area contributed by atoms with Crippen LogP contribution in [0, 0.1) is 0 Å². The van der Waals surface area contributed by atoms with E-state index in [1.165, 1.54) is 49.2 Å². The van der Waals surface area contributed by atoms with Gasteiger partial charge >= 0.3 is 0 Å². The van der Waals surface area contributed by atoms with Crippen LogP contribution in [-0.2, 0) is 0 Å². The Hall–Kier alpha value is -1.16. The first-order chi connectivity index (χ1) is 10.3. The molecule has 2 saturated carbocycles. The summed E-state index contributed by atoms with van der Waals surface area (Å²) >= 11 is 2.12. The molecule has 4 heteroatoms. The van der Waals surface area contributed by atoms with Gasteiger partial charge in [-0.1, -0.05) is 6.92 Å². The number of benzene rings is 1. The lowest BCUT2D eigenvalue weighted by Gasteiger charge is -2.17. The Kier molecular flexibility index (Phi) is 3.37. The van der Waals surface area contributed by atoms with E-state index in [2.05, 4.69) is 29.3 Å². The van der Waals surface area contributed by atoms with Crippen LogP contribution in [0.15, 0.2) is 18.2 Å². The molecule has 0 aliphatic heterocycles. The molecule has 2 aromatic rings. The number of hydrogen-bond acceptors (Lipinski definition) is 3. The van der Waals surface area contributed by atoms with Gasteiger partial charge in [0.05, 0.1) is 11.0 Å². The minimum atomic E-state index is 0.637. The van der Waals surface area contributed by atoms with Crippen molar-refractivity contribution >= 4 is 28.5 Å². The topological polar surface area (TPSA) is 43.8 Å². The lowest BCUT2D eigenvalue weighted by Crippen LogP contribution is -2.10. The van der Waals surface area contributed by atoms with Gasteiger partial charge in [0.25, 0.3) is 0 Å². The number of thioether (sulfide) groups is 1. The molecule has 2 atom stereocenters. The number of imidazole rings is 1. The average Bonchev–Trinajstić information content (AvgIpc) is 3.10. The molecular formula is C17H23N3S. The van der Waals surface area contributed by atoms with Crippen LogP contribution in [0.1, 0.15) is 56.8 Å². The highest BCUT2D eigenvalue weighted by molar-refractivity contribution is 7.99. The van der Waals surface area contributed by atoms with Crippen molar-refractivity contribution in [3.05, 3.63) is 24.0 Å². The number of fused-ring (bicyclic) bond motifs is 1. The fourth-order valence-corrected chi connectivity index (χ4v) is 4.82. The van der Waals surface area contributed by atoms with Gasteiger partial charge in [-0.2, -0.15) is 11.8 Å². The minimum Gasteiger partial charge on any atom is -0.399 e. The molecule has 3 nitrogen and oxygen atoms in total. The monoisotopic (exact) mass is 301 g/mol. The zero-order chi connectivity index (χ0) is 14.4. The van der Waals surface area contributed by atoms with Crippen molar-refractivity contribution in [3.8, 4) is 0 Å². The fourth-order valence-electron chi connectivity index (χ4n) is 3.69. The fraction of sp³-hybridized carbons (Fsp3) is 0.588. The van der Waals surface area contributed by atoms with Crippen molar-refractivity contribution in [2.24, 2.45) is 0 Å². The summed E-state index contributed by atoms with van der Waals surface area (Å²) in [6.07, 6.45) is 6.56. The van der Waals surface area contributed by atoms with Gasteiger partial charge in [0.15, 0.2) is 0 Å². The van der Waals surface area contributed by atoms with E-state index < -0.39 is 0 Å². The molecular weight excluding hydrogens is 278 g/mol. The van der Waals surface area contributed by atoms with Crippen molar-refractivity contribution in [1.29, 1.82) is 0 Å². The van der Waals surface area contributed by atoms with Crippen molar-refractivity contribution in [2.45, 2.75) is 56.2 Å². The van der Waals surface area contributed by atoms with Crippen LogP contribution in [-0.4, -0.2) is 20.6 Å². The Bertz CT molecular complexity index is 659. The number of hydrogen-bond donors (Lipinski definition) is 1. The Labute approximate surface area is 130 Å². The Morgan fingerprint density at radius 3 is 2.90 bits per heavy atom. The Morgan fingerprint density at radius 1 is 1.29 bits per heavy atom. The second-order valence-electron chi connectivity index (χ2n) is 6.41. The number of aromatic nitrogens is 2. The summed E-state index contributed by atoms with van der Waals surface area (Å²) in [6.45, 7) is 2.27. The van der Waals surface area contributed by atoms with Crippen LogP contribution in [0.2, 0.25) is 0 Å². The number of nitrogens with zero attached hydrogens (tertiary/aromatic N) is 2. The molecule has 2 aliphatic carbocycles. The van der Waals surface area contributed by atoms with Gasteiger partial charge in [-0.25, -0.2) is 4.98 Å². The van der Waals surface area contributed by atoms with Crippen LogP contribution in [0.25, 0.3) is 11.0 Å². The van der Waals surface area contributed by atoms with Crippen molar-refractivity contribution in [3.63, 3.8) is 0 Å². The molecule has 2 N–H and O–H groups in total. The van der Waals surface area contributed by atoms with Gasteiger partial charge in [-0.3, -0.25) is 0 Å². The Morgan fingerprint density at radius 2 is 2.14 bits per heavy atom. The molecule has 21 heavy (non-hydrogen) atoms. The van der Waals surface area contributed by atoms with Crippen LogP contribution >= 0.6 is 11.8 Å². The smallest absolute Gasteiger partial charge is 0.113 e. The summed E-state index contributed by atoms with van der Waals surface area (Å²) in [5, 5.41) is 0.832. The first kappa shape index (κ1) is 13.5. The van der Waals surface area contributed by atoms with Crippen molar-refractivity contribution in [1.82, 2.24) is 9.55 Å². The van der Waals surface area contributed by atoms with Gasteiger partial charge in [-0.05, 0) is 56.1 Å². The lowest BCUT2D eigenvalue weighted by molar-refractivity contribution is 0.512. The van der Waals surface area contributed by atoms with E-state index in [-0.39, 0.29) is 0 Å². The van der Waals surface area contributed by atoms with Crippen LogP contribution in [0.4, 0.5) is 5.69 Å². The molecule has 0 spiro atoms. The van der Waals surface area contributed by atoms with Crippen LogP contribution in [0.3, 0.4) is 0 Å². The first-order valence-corrected chi connectivity index (χ1v) is 9.20. The molecule has 0 saturated heterocycles. The molecule has 0 radical (unpaired) electrons. The molecule has 0 amide bonds. The molecule has 1 aromatic heterocycles. The largest absolute Gasteiger partial charge is 0.399 e. The van der Waals surface area contributed by atoms with Crippen molar-refractivity contribution in [2.75, 3.05) is 11.5 Å². The number of rotatable bonds is 4. The second-order valence-corrected chi connectivity index (χ2v) is 7.98. The predicted molar refractivity (Wildman–Crippen MR) is 90.9 cm³/mol. The van der Waals surface area contributed by atoms with E-state index in [1.807, 2.05) is 12.1 Å². The van der Waals surface area contributed by atoms with E-state index in [9.17, 15) is 0 Å². The summed E-state index contributed by atoms with van der Waals surface area (Å²) in [5.74, 6) is 3.24. The zero-order valence-electron chi connectivity index (χ0n) is 12.6. The molecule has 4 rings (SSSR count). The van der Waals surface area contributed by atoms with E-state index in [0.29, 0.717) is 12.0 Å². The first-order valence-electron chi connectivity index (χ1n) is 8.15. The van der Waals surface area contributed by atoms with E-state index in [4.69, 9.17) is 10.7 Å². The third-order valence-electron chi connectivity index (χ3n) is 4.81. The maximum Gasteiger partial charge on any atom is 0.113 e. The SMILES string of the molecule is CCSC1CCC(n2c(C3CC3)nc3cc(N)ccc32)C1. The highest BCUT2D eigenvalue weighted by Gasteiger charge is 2.34. The molecule has 2 unspecified atom stereocenters. The normalized spacial score (nSPS) is 25.8. The van der Waals surface area contributed by atoms with Gasteiger partial charge in [-0.15, -0.1) is 0 Å². The number of nitrogens with two attached hydrogens (primary N) is 1. The number of nitrogen functional groups attached to an aromatic ring is 1. The standard InChI is InChI=1S/C17H23N3S/c1-2-21-14-7-6-13(10-14)20-16-8-5-12(18)9-15(16)19-17(20)11-3-4-11/h5,8-9,11,13-14H,2-4,6-7,10,18H2,1H3. The molecule has 0 bridgehead atoms. The summed E-state index contributed by atoms with van der Waals surface area (Å²) in [6, 6.07) is 6.86. The number of anilines is 1. The van der Waals surface area contributed by atoms with Crippen LogP contribution in [0.5, 0.6) is 0 Å². The van der Waals surface area contributed by atoms with E-state index >= 15 is 0 Å². The van der Waals surface area contributed by atoms with Gasteiger partial charge < -0.3 is 10.3 Å². The third-order valence-corrected chi connectivity index (χ3v) is 6.04. The van der Waals surface area contributed by atoms with Gasteiger partial charge in [0.2, 0.25) is 0 Å². The maximum atomic E-state index is 5.94. The highest BCUT2D eigenvalue weighted by atomic mass is 32.2. The van der Waals surface area contributed by atoms with Gasteiger partial charge in [0.1, 0.15) is 5.82 Å². The Balaban J connectivity index is 1.74. The predicted octanol–water partition coefficient (Wildman–Crippen LogP) is 4.34. The molecule has 1 aromatic carbocycles. The van der Waals surface area contributed by atoms with E-state index in [1.54, 1.807) is 0 Å². The summed E-state index contributed by atoms with van der Waals surface area (Å²) in [5.41, 5.74) is 9.13. The summed E-state index contributed by atoms with van der Waals surface area (Å²) in [7, 11) is 0. The third kappa shape index (κ3) is 2.44. The second kappa shape index (κ2) is 5.24. The van der Waals surface area contributed by atoms with Gasteiger partial charge in [0, 0.05) is 22.9 Å². The highest BCUT2D eigenvalue weighted by Crippen LogP contribution is 2.45. The van der Waals surface area contributed by atoms with Crippen molar-refractivity contribution < 1.29 is 0 Å². The van der Waals surface area contributed by atoms with Crippen LogP contribution < -0.4 is 5.73 Å². The van der Waals surface area contributed by atoms with E-state index in [0.717, 1.165) is 16.5 Å².